The van der Waals surface area contributed by atoms with Crippen LogP contribution in [-0.2, 0) is 27.5 Å². The number of benzene rings is 8. The van der Waals surface area contributed by atoms with Crippen molar-refractivity contribution in [2.24, 2.45) is 5.92 Å². The van der Waals surface area contributed by atoms with Crippen LogP contribution in [0.15, 0.2) is 182 Å². The number of imidazole rings is 1. The summed E-state index contributed by atoms with van der Waals surface area (Å²) >= 11 is 0. The third kappa shape index (κ3) is 7.26. The van der Waals surface area contributed by atoms with E-state index in [2.05, 4.69) is 181 Å². The van der Waals surface area contributed by atoms with Gasteiger partial charge in [-0.15, -0.1) is 35.9 Å². The summed E-state index contributed by atoms with van der Waals surface area (Å²) in [6.07, 6.45) is 6.68. The summed E-state index contributed by atoms with van der Waals surface area (Å²) in [6, 6.07) is 68.2. The van der Waals surface area contributed by atoms with Gasteiger partial charge in [0.1, 0.15) is 0 Å². The van der Waals surface area contributed by atoms with E-state index < -0.39 is 0 Å². The van der Waals surface area contributed by atoms with Crippen LogP contribution in [0.3, 0.4) is 0 Å². The summed E-state index contributed by atoms with van der Waals surface area (Å²) in [5.74, 6) is 1.75. The molecule has 10 rings (SSSR count). The zero-order valence-electron chi connectivity index (χ0n) is 32.7. The molecule has 10 aromatic rings. The van der Waals surface area contributed by atoms with Crippen LogP contribution in [0, 0.1) is 24.4 Å². The van der Waals surface area contributed by atoms with Gasteiger partial charge in [-0.25, -0.2) is 0 Å². The molecule has 4 nitrogen and oxygen atoms in total. The summed E-state index contributed by atoms with van der Waals surface area (Å²) in [5, 5.41) is 4.82. The summed E-state index contributed by atoms with van der Waals surface area (Å²) in [4.78, 5) is 4.86. The number of fused-ring (bicyclic) bond motifs is 4. The van der Waals surface area contributed by atoms with Crippen molar-refractivity contribution in [2.45, 2.75) is 20.3 Å². The number of aromatic nitrogens is 3. The van der Waals surface area contributed by atoms with Crippen molar-refractivity contribution in [1.29, 1.82) is 0 Å². The van der Waals surface area contributed by atoms with E-state index in [4.69, 9.17) is 9.72 Å². The molecule has 2 aromatic heterocycles. The van der Waals surface area contributed by atoms with Gasteiger partial charge in [-0.2, -0.15) is 12.1 Å². The fourth-order valence-electron chi connectivity index (χ4n) is 8.20. The first kappa shape index (κ1) is 37.9. The molecule has 0 saturated carbocycles. The number of nitrogens with zero attached hydrogens (tertiary/aromatic N) is 3. The molecule has 0 fully saturated rings. The Bertz CT molecular complexity index is 3040. The minimum absolute atomic E-state index is 0. The molecular formula is C54H39N3OPt-2. The molecule has 0 radical (unpaired) electrons. The first-order valence-corrected chi connectivity index (χ1v) is 19.8. The summed E-state index contributed by atoms with van der Waals surface area (Å²) in [7, 11) is 0. The average molecular weight is 941 g/mol. The second kappa shape index (κ2) is 16.3. The largest absolute Gasteiger partial charge is 0.503 e. The fourth-order valence-corrected chi connectivity index (χ4v) is 8.20. The molecule has 59 heavy (non-hydrogen) atoms. The molecule has 0 aliphatic carbocycles. The van der Waals surface area contributed by atoms with Gasteiger partial charge in [-0.3, -0.25) is 4.57 Å². The zero-order chi connectivity index (χ0) is 39.0. The van der Waals surface area contributed by atoms with Crippen molar-refractivity contribution >= 4 is 32.6 Å². The van der Waals surface area contributed by atoms with Crippen molar-refractivity contribution in [2.75, 3.05) is 0 Å². The van der Waals surface area contributed by atoms with Crippen LogP contribution in [0.5, 0.6) is 11.5 Å². The van der Waals surface area contributed by atoms with Crippen LogP contribution < -0.4 is 9.30 Å². The number of pyridine rings is 1. The summed E-state index contributed by atoms with van der Waals surface area (Å²) < 4.78 is 10.8. The zero-order valence-corrected chi connectivity index (χ0v) is 34.9. The van der Waals surface area contributed by atoms with Crippen molar-refractivity contribution in [3.63, 3.8) is 0 Å². The van der Waals surface area contributed by atoms with Gasteiger partial charge in [-0.05, 0) is 79.1 Å². The molecule has 0 atom stereocenters. The van der Waals surface area contributed by atoms with Crippen LogP contribution in [0.1, 0.15) is 19.4 Å². The molecule has 0 amide bonds. The van der Waals surface area contributed by atoms with E-state index >= 15 is 0 Å². The molecule has 0 aliphatic heterocycles. The third-order valence-corrected chi connectivity index (χ3v) is 10.8. The predicted molar refractivity (Wildman–Crippen MR) is 235 cm³/mol. The van der Waals surface area contributed by atoms with Crippen LogP contribution in [0.4, 0.5) is 0 Å². The van der Waals surface area contributed by atoms with Gasteiger partial charge < -0.3 is 14.3 Å². The number of rotatable bonds is 9. The molecule has 0 aliphatic rings. The first-order chi connectivity index (χ1) is 28.6. The van der Waals surface area contributed by atoms with E-state index in [0.717, 1.165) is 67.7 Å². The number of hydrogen-bond donors (Lipinski definition) is 0. The van der Waals surface area contributed by atoms with E-state index in [1.54, 1.807) is 0 Å². The molecule has 8 aromatic carbocycles. The fraction of sp³-hybridized carbons (Fsp3) is 0.0741. The van der Waals surface area contributed by atoms with Gasteiger partial charge in [0.15, 0.2) is 0 Å². The van der Waals surface area contributed by atoms with Crippen molar-refractivity contribution in [3.05, 3.63) is 206 Å². The molecule has 0 unspecified atom stereocenters. The van der Waals surface area contributed by atoms with Gasteiger partial charge in [-0.1, -0.05) is 153 Å². The third-order valence-electron chi connectivity index (χ3n) is 10.8. The minimum atomic E-state index is 0. The van der Waals surface area contributed by atoms with Crippen LogP contribution in [-0.4, -0.2) is 9.55 Å². The predicted octanol–water partition coefficient (Wildman–Crippen LogP) is 13.0. The van der Waals surface area contributed by atoms with E-state index in [-0.39, 0.29) is 21.1 Å². The quantitative estimate of drug-likeness (QED) is 0.0820. The molecule has 0 spiro atoms. The van der Waals surface area contributed by atoms with Crippen LogP contribution in [0.25, 0.3) is 77.5 Å². The SMILES string of the molecule is CC(C)Cc1cccc2c1ccc1c(-c3[c-]c(Oc4[c-]c(-n5[c-][n+](-c6c(-c7ccccc7)cccc6-c6ccccc6)c6ccccc65)ccc4)ccc3)nccc12.[Pt]. The molecule has 0 bridgehead atoms. The first-order valence-electron chi connectivity index (χ1n) is 19.8. The van der Waals surface area contributed by atoms with Gasteiger partial charge in [0.25, 0.3) is 6.33 Å². The van der Waals surface area contributed by atoms with Crippen LogP contribution >= 0.6 is 0 Å². The Morgan fingerprint density at radius 2 is 1.20 bits per heavy atom. The van der Waals surface area contributed by atoms with Gasteiger partial charge in [0.2, 0.25) is 0 Å². The van der Waals surface area contributed by atoms with Gasteiger partial charge in [0.05, 0.1) is 16.7 Å². The number of para-hydroxylation sites is 3. The van der Waals surface area contributed by atoms with Crippen molar-refractivity contribution in [1.82, 2.24) is 9.55 Å². The van der Waals surface area contributed by atoms with Crippen molar-refractivity contribution in [3.8, 4) is 56.4 Å². The van der Waals surface area contributed by atoms with Gasteiger partial charge in [0, 0.05) is 38.8 Å². The molecular weight excluding hydrogens is 902 g/mol. The van der Waals surface area contributed by atoms with E-state index in [1.165, 1.54) is 21.7 Å². The summed E-state index contributed by atoms with van der Waals surface area (Å²) in [5.41, 5.74) is 11.5. The Kier molecular flexibility index (Phi) is 10.5. The molecule has 0 saturated heterocycles. The molecule has 0 N–H and O–H groups in total. The minimum Gasteiger partial charge on any atom is -0.503 e. The summed E-state index contributed by atoms with van der Waals surface area (Å²) in [6.45, 7) is 4.54. The smallest absolute Gasteiger partial charge is 0.268 e. The second-order valence-electron chi connectivity index (χ2n) is 15.1. The Labute approximate surface area is 359 Å². The average Bonchev–Trinajstić information content (AvgIpc) is 3.66. The Balaban J connectivity index is 0.00000449. The molecule has 2 heterocycles. The number of ether oxygens (including phenoxy) is 1. The Morgan fingerprint density at radius 3 is 1.95 bits per heavy atom. The monoisotopic (exact) mass is 940 g/mol. The maximum atomic E-state index is 6.52. The Morgan fingerprint density at radius 1 is 0.576 bits per heavy atom. The van der Waals surface area contributed by atoms with Crippen LogP contribution in [0.2, 0.25) is 0 Å². The topological polar surface area (TPSA) is 30.9 Å². The second-order valence-corrected chi connectivity index (χ2v) is 15.1. The number of hydrogen-bond acceptors (Lipinski definition) is 2. The van der Waals surface area contributed by atoms with E-state index in [9.17, 15) is 0 Å². The van der Waals surface area contributed by atoms with Crippen molar-refractivity contribution < 1.29 is 30.4 Å². The molecule has 288 valence electrons. The van der Waals surface area contributed by atoms with Gasteiger partial charge >= 0.3 is 0 Å². The maximum Gasteiger partial charge on any atom is 0.268 e. The molecule has 5 heteroatoms. The van der Waals surface area contributed by atoms with E-state index in [1.807, 2.05) is 42.6 Å². The van der Waals surface area contributed by atoms with E-state index in [0.29, 0.717) is 17.4 Å². The normalized spacial score (nSPS) is 11.3. The Hall–Kier alpha value is -6.61. The maximum absolute atomic E-state index is 6.52. The standard InChI is InChI=1S/C54H39N3O.Pt/c1-37(2)33-40-19-12-26-48-45(40)29-30-50-49(48)31-32-55-53(50)41-20-11-22-43(34-41)58-44-23-13-21-42(35-44)56-36-57(52-28-10-9-27-51(52)56)54-46(38-15-5-3-6-16-38)24-14-25-47(54)39-17-7-4-8-18-39;/h3-32,37H,33H2,1-2H3;/q-2;.